The predicted molar refractivity (Wildman–Crippen MR) is 74.5 cm³/mol. The minimum absolute atomic E-state index is 0.106. The van der Waals surface area contributed by atoms with Crippen molar-refractivity contribution < 1.29 is 32.7 Å². The van der Waals surface area contributed by atoms with E-state index in [1.165, 1.54) is 12.1 Å². The van der Waals surface area contributed by atoms with Gasteiger partial charge < -0.3 is 14.4 Å². The highest BCUT2D eigenvalue weighted by Crippen LogP contribution is 2.44. The van der Waals surface area contributed by atoms with E-state index in [9.17, 15) is 24.0 Å². The Labute approximate surface area is 126 Å². The number of ketones is 2. The molecule has 0 saturated carbocycles. The lowest BCUT2D eigenvalue weighted by atomic mass is 9.83. The van der Waals surface area contributed by atoms with Crippen LogP contribution in [0.2, 0.25) is 0 Å². The quantitative estimate of drug-likeness (QED) is 0.482. The molecule has 7 nitrogen and oxygen atoms in total. The summed E-state index contributed by atoms with van der Waals surface area (Å²) >= 11 is -2.77. The highest BCUT2D eigenvalue weighted by atomic mass is 32.2. The van der Waals surface area contributed by atoms with Gasteiger partial charge in [0.05, 0.1) is 5.56 Å². The summed E-state index contributed by atoms with van der Waals surface area (Å²) in [5.41, 5.74) is -0.327. The fourth-order valence-corrected chi connectivity index (χ4v) is 2.62. The van der Waals surface area contributed by atoms with Crippen molar-refractivity contribution in [3.05, 3.63) is 52.6 Å². The molecule has 0 amide bonds. The lowest BCUT2D eigenvalue weighted by Gasteiger charge is -2.19. The van der Waals surface area contributed by atoms with Crippen LogP contribution in [0.3, 0.4) is 0 Å². The second-order valence-electron chi connectivity index (χ2n) is 4.50. The monoisotopic (exact) mass is 320 g/mol. The number of hydrogen-bond donors (Lipinski definition) is 3. The molecule has 8 heteroatoms. The summed E-state index contributed by atoms with van der Waals surface area (Å²) in [4.78, 5) is 24.8. The maximum Gasteiger partial charge on any atom is 0.357 e. The number of aromatic hydroxyl groups is 2. The minimum atomic E-state index is -2.77. The molecule has 1 aliphatic rings. The van der Waals surface area contributed by atoms with E-state index >= 15 is 0 Å². The number of rotatable bonds is 2. The molecule has 0 fully saturated rings. The third-order valence-corrected chi connectivity index (χ3v) is 3.61. The van der Waals surface area contributed by atoms with Crippen LogP contribution in [0.4, 0.5) is 0 Å². The molecule has 0 radical (unpaired) electrons. The molecule has 0 heterocycles. The van der Waals surface area contributed by atoms with Crippen molar-refractivity contribution in [3.8, 4) is 17.2 Å². The van der Waals surface area contributed by atoms with E-state index in [2.05, 4.69) is 4.18 Å². The number of benzene rings is 2. The van der Waals surface area contributed by atoms with Crippen LogP contribution >= 0.6 is 0 Å². The first-order chi connectivity index (χ1) is 10.4. The molecule has 1 unspecified atom stereocenters. The second kappa shape index (κ2) is 4.93. The van der Waals surface area contributed by atoms with Gasteiger partial charge in [-0.25, -0.2) is 0 Å². The Morgan fingerprint density at radius 2 is 1.50 bits per heavy atom. The van der Waals surface area contributed by atoms with Crippen LogP contribution < -0.4 is 4.18 Å². The number of carbonyl (C=O) groups excluding carboxylic acids is 2. The third kappa shape index (κ3) is 1.97. The van der Waals surface area contributed by atoms with Crippen LogP contribution in [0.15, 0.2) is 30.3 Å². The largest absolute Gasteiger partial charge is 0.504 e. The average Bonchev–Trinajstić information content (AvgIpc) is 2.49. The van der Waals surface area contributed by atoms with Gasteiger partial charge in [0.1, 0.15) is 0 Å². The molecule has 1 atom stereocenters. The zero-order valence-electron chi connectivity index (χ0n) is 10.8. The van der Waals surface area contributed by atoms with Gasteiger partial charge in [-0.2, -0.15) is 4.21 Å². The molecule has 22 heavy (non-hydrogen) atoms. The van der Waals surface area contributed by atoms with Crippen LogP contribution in [0.5, 0.6) is 17.2 Å². The van der Waals surface area contributed by atoms with Gasteiger partial charge in [-0.1, -0.05) is 24.3 Å². The Kier molecular flexibility index (Phi) is 3.19. The molecular formula is C14H8O7S. The molecule has 2 aromatic rings. The standard InChI is InChI=1S/C14H8O7S/c15-11-6-3-1-2-4-7(6)12(16)10-8(11)5-9(21-22(19)20)13(17)14(10)18/h1-5,17-18H,(H,19,20). The first-order valence-corrected chi connectivity index (χ1v) is 7.01. The highest BCUT2D eigenvalue weighted by Gasteiger charge is 2.34. The van der Waals surface area contributed by atoms with E-state index in [4.69, 9.17) is 4.55 Å². The average molecular weight is 320 g/mol. The van der Waals surface area contributed by atoms with Crippen molar-refractivity contribution in [2.75, 3.05) is 0 Å². The van der Waals surface area contributed by atoms with Crippen LogP contribution in [0, 0.1) is 0 Å². The number of phenolic OH excluding ortho intramolecular Hbond substituents is 2. The van der Waals surface area contributed by atoms with E-state index in [1.54, 1.807) is 12.1 Å². The van der Waals surface area contributed by atoms with E-state index in [0.717, 1.165) is 6.07 Å². The zero-order valence-corrected chi connectivity index (χ0v) is 11.6. The summed E-state index contributed by atoms with van der Waals surface area (Å²) in [5, 5.41) is 19.7. The first kappa shape index (κ1) is 14.2. The molecule has 3 N–H and O–H groups in total. The Morgan fingerprint density at radius 3 is 2.09 bits per heavy atom. The molecule has 0 spiro atoms. The predicted octanol–water partition coefficient (Wildman–Crippen LogP) is 1.39. The molecule has 112 valence electrons. The van der Waals surface area contributed by atoms with E-state index in [-0.39, 0.29) is 22.3 Å². The third-order valence-electron chi connectivity index (χ3n) is 3.29. The van der Waals surface area contributed by atoms with Crippen LogP contribution in [0.25, 0.3) is 0 Å². The van der Waals surface area contributed by atoms with Crippen molar-refractivity contribution in [1.82, 2.24) is 0 Å². The van der Waals surface area contributed by atoms with Gasteiger partial charge in [-0.05, 0) is 6.07 Å². The molecule has 3 rings (SSSR count). The smallest absolute Gasteiger partial charge is 0.357 e. The molecule has 0 saturated heterocycles. The second-order valence-corrected chi connectivity index (χ2v) is 5.10. The molecule has 1 aliphatic carbocycles. The van der Waals surface area contributed by atoms with E-state index in [1.807, 2.05) is 0 Å². The van der Waals surface area contributed by atoms with Crippen LogP contribution in [-0.4, -0.2) is 30.5 Å². The summed E-state index contributed by atoms with van der Waals surface area (Å²) in [7, 11) is 0. The lowest BCUT2D eigenvalue weighted by molar-refractivity contribution is 0.0976. The highest BCUT2D eigenvalue weighted by molar-refractivity contribution is 7.74. The van der Waals surface area contributed by atoms with Crippen molar-refractivity contribution in [2.24, 2.45) is 0 Å². The Morgan fingerprint density at radius 1 is 0.909 bits per heavy atom. The van der Waals surface area contributed by atoms with Crippen molar-refractivity contribution in [1.29, 1.82) is 0 Å². The molecule has 2 aromatic carbocycles. The van der Waals surface area contributed by atoms with Gasteiger partial charge in [-0.15, -0.1) is 0 Å². The Balaban J connectivity index is 2.29. The molecule has 0 bridgehead atoms. The molecular weight excluding hydrogens is 312 g/mol. The van der Waals surface area contributed by atoms with E-state index < -0.39 is 40.2 Å². The Bertz CT molecular complexity index is 857. The van der Waals surface area contributed by atoms with Crippen molar-refractivity contribution in [3.63, 3.8) is 0 Å². The van der Waals surface area contributed by atoms with Gasteiger partial charge in [0.2, 0.25) is 5.75 Å². The summed E-state index contributed by atoms with van der Waals surface area (Å²) in [6, 6.07) is 6.98. The van der Waals surface area contributed by atoms with Crippen molar-refractivity contribution in [2.45, 2.75) is 0 Å². The summed E-state index contributed by atoms with van der Waals surface area (Å²) in [6.07, 6.45) is 0. The number of fused-ring (bicyclic) bond motifs is 2. The van der Waals surface area contributed by atoms with Gasteiger partial charge in [0, 0.05) is 16.7 Å². The number of phenols is 2. The van der Waals surface area contributed by atoms with Gasteiger partial charge in [-0.3, -0.25) is 14.1 Å². The van der Waals surface area contributed by atoms with Gasteiger partial charge in [0.15, 0.2) is 23.1 Å². The zero-order chi connectivity index (χ0) is 16.0. The molecule has 0 aromatic heterocycles. The maximum atomic E-state index is 12.4. The van der Waals surface area contributed by atoms with Gasteiger partial charge in [0.25, 0.3) is 0 Å². The SMILES string of the molecule is O=C1c2ccccc2C(=O)c2c1cc(OS(=O)O)c(O)c2O. The van der Waals surface area contributed by atoms with E-state index in [0.29, 0.717) is 0 Å². The van der Waals surface area contributed by atoms with Gasteiger partial charge >= 0.3 is 11.4 Å². The fourth-order valence-electron chi connectivity index (χ4n) is 2.34. The molecule has 0 aliphatic heterocycles. The number of carbonyl (C=O) groups is 2. The maximum absolute atomic E-state index is 12.4. The lowest BCUT2D eigenvalue weighted by Crippen LogP contribution is -2.21. The first-order valence-electron chi connectivity index (χ1n) is 5.98. The summed E-state index contributed by atoms with van der Waals surface area (Å²) in [5.74, 6) is -3.52. The van der Waals surface area contributed by atoms with Crippen molar-refractivity contribution >= 4 is 22.9 Å². The minimum Gasteiger partial charge on any atom is -0.504 e. The fraction of sp³-hybridized carbons (Fsp3) is 0. The van der Waals surface area contributed by atoms with Crippen LogP contribution in [0.1, 0.15) is 31.8 Å². The van der Waals surface area contributed by atoms with Crippen LogP contribution in [-0.2, 0) is 11.4 Å². The summed E-state index contributed by atoms with van der Waals surface area (Å²) in [6.45, 7) is 0. The Hall–Kier alpha value is -2.71. The topological polar surface area (TPSA) is 121 Å². The summed E-state index contributed by atoms with van der Waals surface area (Å²) < 4.78 is 23.8. The number of hydrogen-bond acceptors (Lipinski definition) is 6. The normalized spacial score (nSPS) is 14.2.